The molecular weight excluding hydrogens is 168 g/mol. The van der Waals surface area contributed by atoms with Crippen LogP contribution < -0.4 is 5.46 Å². The molecule has 1 aromatic heterocycles. The van der Waals surface area contributed by atoms with Gasteiger partial charge in [-0.1, -0.05) is 29.2 Å². The van der Waals surface area contributed by atoms with E-state index in [0.29, 0.717) is 5.15 Å². The van der Waals surface area contributed by atoms with Crippen LogP contribution in [0.2, 0.25) is 5.15 Å². The fourth-order valence-corrected chi connectivity index (χ4v) is 1.27. The van der Waals surface area contributed by atoms with Crippen molar-refractivity contribution in [3.63, 3.8) is 0 Å². The van der Waals surface area contributed by atoms with Crippen LogP contribution in [-0.2, 0) is 0 Å². The van der Waals surface area contributed by atoms with Crippen LogP contribution >= 0.6 is 11.6 Å². The molecule has 0 aliphatic heterocycles. The molecule has 56 valence electrons. The molecule has 0 fully saturated rings. The molecule has 2 rings (SSSR count). The third-order valence-corrected chi connectivity index (χ3v) is 1.89. The van der Waals surface area contributed by atoms with Crippen LogP contribution in [0.15, 0.2) is 30.3 Å². The summed E-state index contributed by atoms with van der Waals surface area (Å²) >= 11 is 5.72. The zero-order valence-electron chi connectivity index (χ0n) is 6.29. The molecule has 1 nitrogen and oxygen atoms in total. The van der Waals surface area contributed by atoms with Gasteiger partial charge in [-0.2, -0.15) is 0 Å². The predicted molar refractivity (Wildman–Crippen MR) is 52.1 cm³/mol. The molecular formula is C9H5BClN. The summed E-state index contributed by atoms with van der Waals surface area (Å²) in [4.78, 5) is 4.13. The Hall–Kier alpha value is -1.02. The quantitative estimate of drug-likeness (QED) is 0.436. The molecule has 0 N–H and O–H groups in total. The minimum atomic E-state index is 0.507. The van der Waals surface area contributed by atoms with E-state index < -0.39 is 0 Å². The zero-order chi connectivity index (χ0) is 8.55. The molecule has 1 heterocycles. The maximum absolute atomic E-state index is 5.72. The van der Waals surface area contributed by atoms with E-state index in [1.54, 1.807) is 6.07 Å². The molecule has 12 heavy (non-hydrogen) atoms. The summed E-state index contributed by atoms with van der Waals surface area (Å²) in [6.45, 7) is 0. The number of hydrogen-bond donors (Lipinski definition) is 0. The van der Waals surface area contributed by atoms with Crippen LogP contribution in [0.25, 0.3) is 10.9 Å². The Bertz CT molecular complexity index is 387. The first-order valence-electron chi connectivity index (χ1n) is 3.57. The second-order valence-electron chi connectivity index (χ2n) is 2.59. The van der Waals surface area contributed by atoms with E-state index in [0.717, 1.165) is 16.4 Å². The molecule has 2 radical (unpaired) electrons. The lowest BCUT2D eigenvalue weighted by Crippen LogP contribution is -1.99. The fourth-order valence-electron chi connectivity index (χ4n) is 1.12. The van der Waals surface area contributed by atoms with Crippen LogP contribution in [0.4, 0.5) is 0 Å². The molecule has 0 saturated carbocycles. The Kier molecular flexibility index (Phi) is 1.78. The van der Waals surface area contributed by atoms with Crippen LogP contribution in [0.5, 0.6) is 0 Å². The van der Waals surface area contributed by atoms with Gasteiger partial charge in [-0.3, -0.25) is 0 Å². The minimum Gasteiger partial charge on any atom is -0.236 e. The zero-order valence-corrected chi connectivity index (χ0v) is 7.05. The Morgan fingerprint density at radius 3 is 2.83 bits per heavy atom. The highest BCUT2D eigenvalue weighted by atomic mass is 35.5. The van der Waals surface area contributed by atoms with Crippen molar-refractivity contribution < 1.29 is 0 Å². The van der Waals surface area contributed by atoms with Gasteiger partial charge in [0.05, 0.1) is 5.52 Å². The number of benzene rings is 1. The van der Waals surface area contributed by atoms with Gasteiger partial charge in [-0.15, -0.1) is 0 Å². The van der Waals surface area contributed by atoms with Crippen molar-refractivity contribution in [2.45, 2.75) is 0 Å². The van der Waals surface area contributed by atoms with Crippen molar-refractivity contribution in [1.82, 2.24) is 4.98 Å². The van der Waals surface area contributed by atoms with Gasteiger partial charge in [0.2, 0.25) is 0 Å². The Balaban J connectivity index is 2.79. The number of hydrogen-bond acceptors (Lipinski definition) is 1. The second-order valence-corrected chi connectivity index (χ2v) is 2.97. The van der Waals surface area contributed by atoms with Gasteiger partial charge in [-0.05, 0) is 23.6 Å². The summed E-state index contributed by atoms with van der Waals surface area (Å²) in [5, 5.41) is 1.52. The average Bonchev–Trinajstić information content (AvgIpc) is 2.05. The van der Waals surface area contributed by atoms with Gasteiger partial charge >= 0.3 is 0 Å². The Labute approximate surface area is 76.8 Å². The molecule has 0 unspecified atom stereocenters. The first kappa shape index (κ1) is 7.62. The summed E-state index contributed by atoms with van der Waals surface area (Å²) in [7, 11) is 5.60. The van der Waals surface area contributed by atoms with Crippen molar-refractivity contribution in [2.24, 2.45) is 0 Å². The number of halogens is 1. The predicted octanol–water partition coefficient (Wildman–Crippen LogP) is 1.68. The average molecular weight is 173 g/mol. The van der Waals surface area contributed by atoms with Gasteiger partial charge in [0.25, 0.3) is 0 Å². The maximum atomic E-state index is 5.72. The molecule has 3 heteroatoms. The number of fused-ring (bicyclic) bond motifs is 1. The van der Waals surface area contributed by atoms with Gasteiger partial charge in [0.15, 0.2) is 0 Å². The SMILES string of the molecule is [B]c1ccc2nc(Cl)ccc2c1. The number of pyridine rings is 1. The normalized spacial score (nSPS) is 10.4. The van der Waals surface area contributed by atoms with E-state index in [1.165, 1.54) is 0 Å². The largest absolute Gasteiger partial charge is 0.236 e. The summed E-state index contributed by atoms with van der Waals surface area (Å²) in [5.74, 6) is 0. The van der Waals surface area contributed by atoms with Crippen molar-refractivity contribution in [3.05, 3.63) is 35.5 Å². The molecule has 0 aliphatic rings. The molecule has 1 aromatic carbocycles. The lowest BCUT2D eigenvalue weighted by molar-refractivity contribution is 1.41. The third-order valence-electron chi connectivity index (χ3n) is 1.68. The standard InChI is InChI=1S/C9H5BClN/c10-7-2-3-8-6(5-7)1-4-9(11)12-8/h1-5H. The van der Waals surface area contributed by atoms with Crippen LogP contribution in [0.3, 0.4) is 0 Å². The molecule has 0 amide bonds. The van der Waals surface area contributed by atoms with E-state index in [9.17, 15) is 0 Å². The molecule has 2 aromatic rings. The first-order chi connectivity index (χ1) is 5.75. The van der Waals surface area contributed by atoms with Crippen molar-refractivity contribution in [1.29, 1.82) is 0 Å². The highest BCUT2D eigenvalue weighted by Gasteiger charge is 1.94. The molecule has 0 bridgehead atoms. The van der Waals surface area contributed by atoms with Crippen LogP contribution in [0, 0.1) is 0 Å². The lowest BCUT2D eigenvalue weighted by Gasteiger charge is -1.98. The van der Waals surface area contributed by atoms with E-state index in [2.05, 4.69) is 4.98 Å². The Morgan fingerprint density at radius 2 is 2.00 bits per heavy atom. The third kappa shape index (κ3) is 1.30. The summed E-state index contributed by atoms with van der Waals surface area (Å²) in [6.07, 6.45) is 0. The lowest BCUT2D eigenvalue weighted by atomic mass is 9.95. The van der Waals surface area contributed by atoms with Crippen LogP contribution in [0.1, 0.15) is 0 Å². The van der Waals surface area contributed by atoms with Gasteiger partial charge in [0.1, 0.15) is 13.0 Å². The molecule has 0 spiro atoms. The smallest absolute Gasteiger partial charge is 0.129 e. The van der Waals surface area contributed by atoms with E-state index in [-0.39, 0.29) is 0 Å². The monoisotopic (exact) mass is 173 g/mol. The van der Waals surface area contributed by atoms with E-state index in [4.69, 9.17) is 19.4 Å². The van der Waals surface area contributed by atoms with Crippen molar-refractivity contribution >= 4 is 35.8 Å². The molecule has 0 aliphatic carbocycles. The summed E-state index contributed by atoms with van der Waals surface area (Å²) in [5.41, 5.74) is 1.61. The highest BCUT2D eigenvalue weighted by molar-refractivity contribution is 6.33. The highest BCUT2D eigenvalue weighted by Crippen LogP contribution is 2.13. The summed E-state index contributed by atoms with van der Waals surface area (Å²) in [6, 6.07) is 9.20. The minimum absolute atomic E-state index is 0.507. The number of rotatable bonds is 0. The number of aromatic nitrogens is 1. The first-order valence-corrected chi connectivity index (χ1v) is 3.95. The molecule has 0 saturated heterocycles. The van der Waals surface area contributed by atoms with E-state index in [1.807, 2.05) is 24.3 Å². The Morgan fingerprint density at radius 1 is 1.17 bits per heavy atom. The van der Waals surface area contributed by atoms with E-state index >= 15 is 0 Å². The van der Waals surface area contributed by atoms with Gasteiger partial charge in [0, 0.05) is 0 Å². The molecule has 0 atom stereocenters. The van der Waals surface area contributed by atoms with Crippen molar-refractivity contribution in [3.8, 4) is 0 Å². The fraction of sp³-hybridized carbons (Fsp3) is 0. The topological polar surface area (TPSA) is 12.9 Å². The van der Waals surface area contributed by atoms with Crippen molar-refractivity contribution in [2.75, 3.05) is 0 Å². The summed E-state index contributed by atoms with van der Waals surface area (Å²) < 4.78 is 0. The number of nitrogens with zero attached hydrogens (tertiary/aromatic N) is 1. The van der Waals surface area contributed by atoms with Gasteiger partial charge < -0.3 is 0 Å². The van der Waals surface area contributed by atoms with Crippen LogP contribution in [-0.4, -0.2) is 12.8 Å². The maximum Gasteiger partial charge on any atom is 0.129 e. The second kappa shape index (κ2) is 2.79. The van der Waals surface area contributed by atoms with Gasteiger partial charge in [-0.25, -0.2) is 4.98 Å².